The van der Waals surface area contributed by atoms with Gasteiger partial charge in [-0.05, 0) is 5.56 Å². The van der Waals surface area contributed by atoms with E-state index in [0.717, 1.165) is 5.56 Å². The topological polar surface area (TPSA) is 46.2 Å². The lowest BCUT2D eigenvalue weighted by Crippen LogP contribution is -2.34. The van der Waals surface area contributed by atoms with Crippen molar-refractivity contribution in [3.05, 3.63) is 60.2 Å². The van der Waals surface area contributed by atoms with Gasteiger partial charge in [-0.3, -0.25) is 0 Å². The first-order valence-corrected chi connectivity index (χ1v) is 5.12. The Hall–Kier alpha value is -1.38. The molecule has 0 radical (unpaired) electrons. The average molecular weight is 201 g/mol. The lowest BCUT2D eigenvalue weighted by atomic mass is 9.93. The number of nitrogens with two attached hydrogens (primary N) is 1. The molecule has 1 aromatic carbocycles. The van der Waals surface area contributed by atoms with Crippen LogP contribution in [0.4, 0.5) is 0 Å². The van der Waals surface area contributed by atoms with Crippen molar-refractivity contribution in [3.63, 3.8) is 0 Å². The maximum atomic E-state index is 10.1. The summed E-state index contributed by atoms with van der Waals surface area (Å²) >= 11 is 0. The monoisotopic (exact) mass is 201 g/mol. The molecule has 0 saturated heterocycles. The second-order valence-corrected chi connectivity index (χ2v) is 3.78. The van der Waals surface area contributed by atoms with E-state index in [0.29, 0.717) is 0 Å². The first kappa shape index (κ1) is 10.1. The molecule has 2 heteroatoms. The van der Waals surface area contributed by atoms with Gasteiger partial charge in [0.05, 0.1) is 6.10 Å². The molecule has 0 heterocycles. The molecule has 0 amide bonds. The van der Waals surface area contributed by atoms with Crippen molar-refractivity contribution in [1.82, 2.24) is 0 Å². The van der Waals surface area contributed by atoms with Crippen LogP contribution in [-0.2, 0) is 0 Å². The SMILES string of the molecule is N[C@H](C1C=CC=C1)[C@H](O)c1ccccc1. The maximum Gasteiger partial charge on any atom is 0.0949 e. The summed E-state index contributed by atoms with van der Waals surface area (Å²) in [6, 6.07) is 9.26. The number of allylic oxidation sites excluding steroid dienone is 2. The Morgan fingerprint density at radius 1 is 1.07 bits per heavy atom. The van der Waals surface area contributed by atoms with E-state index in [2.05, 4.69) is 0 Å². The van der Waals surface area contributed by atoms with Crippen molar-refractivity contribution in [2.24, 2.45) is 11.7 Å². The first-order valence-electron chi connectivity index (χ1n) is 5.12. The Morgan fingerprint density at radius 2 is 1.67 bits per heavy atom. The van der Waals surface area contributed by atoms with Crippen LogP contribution in [0.15, 0.2) is 54.6 Å². The summed E-state index contributed by atoms with van der Waals surface area (Å²) in [6.07, 6.45) is 7.33. The molecule has 78 valence electrons. The van der Waals surface area contributed by atoms with E-state index in [1.165, 1.54) is 0 Å². The van der Waals surface area contributed by atoms with E-state index in [1.807, 2.05) is 54.6 Å². The Balaban J connectivity index is 2.11. The van der Waals surface area contributed by atoms with Crippen LogP contribution < -0.4 is 5.73 Å². The Kier molecular flexibility index (Phi) is 2.99. The standard InChI is InChI=1S/C13H15NO/c14-12(10-6-4-5-7-10)13(15)11-8-2-1-3-9-11/h1-10,12-13,15H,14H2/t12-,13-/m1/s1. The largest absolute Gasteiger partial charge is 0.387 e. The summed E-state index contributed by atoms with van der Waals surface area (Å²) in [4.78, 5) is 0. The Morgan fingerprint density at radius 3 is 2.27 bits per heavy atom. The second-order valence-electron chi connectivity index (χ2n) is 3.78. The minimum atomic E-state index is -0.608. The van der Waals surface area contributed by atoms with Crippen LogP contribution >= 0.6 is 0 Å². The predicted molar refractivity (Wildman–Crippen MR) is 61.1 cm³/mol. The van der Waals surface area contributed by atoms with Gasteiger partial charge in [-0.15, -0.1) is 0 Å². The molecule has 2 atom stereocenters. The molecule has 0 unspecified atom stereocenters. The van der Waals surface area contributed by atoms with Gasteiger partial charge in [-0.25, -0.2) is 0 Å². The highest BCUT2D eigenvalue weighted by Crippen LogP contribution is 2.23. The lowest BCUT2D eigenvalue weighted by molar-refractivity contribution is 0.136. The van der Waals surface area contributed by atoms with Gasteiger partial charge in [-0.2, -0.15) is 0 Å². The smallest absolute Gasteiger partial charge is 0.0949 e. The van der Waals surface area contributed by atoms with Crippen molar-refractivity contribution < 1.29 is 5.11 Å². The molecule has 0 aliphatic heterocycles. The van der Waals surface area contributed by atoms with Crippen molar-refractivity contribution in [2.45, 2.75) is 12.1 Å². The number of rotatable bonds is 3. The van der Waals surface area contributed by atoms with Gasteiger partial charge in [0.1, 0.15) is 0 Å². The van der Waals surface area contributed by atoms with E-state index in [4.69, 9.17) is 5.73 Å². The molecule has 3 N–H and O–H groups in total. The minimum Gasteiger partial charge on any atom is -0.387 e. The van der Waals surface area contributed by atoms with E-state index in [1.54, 1.807) is 0 Å². The third-order valence-electron chi connectivity index (χ3n) is 2.73. The molecule has 0 spiro atoms. The molecule has 0 saturated carbocycles. The van der Waals surface area contributed by atoms with Crippen LogP contribution in [0, 0.1) is 5.92 Å². The van der Waals surface area contributed by atoms with Crippen molar-refractivity contribution in [2.75, 3.05) is 0 Å². The number of hydrogen-bond acceptors (Lipinski definition) is 2. The van der Waals surface area contributed by atoms with Gasteiger partial charge >= 0.3 is 0 Å². The fourth-order valence-corrected chi connectivity index (χ4v) is 1.79. The number of hydrogen-bond donors (Lipinski definition) is 2. The molecule has 1 aromatic rings. The summed E-state index contributed by atoms with van der Waals surface area (Å²) < 4.78 is 0. The van der Waals surface area contributed by atoms with Gasteiger partial charge in [0.15, 0.2) is 0 Å². The summed E-state index contributed by atoms with van der Waals surface area (Å²) in [6.45, 7) is 0. The second kappa shape index (κ2) is 4.43. The van der Waals surface area contributed by atoms with Crippen molar-refractivity contribution >= 4 is 0 Å². The molecular formula is C13H15NO. The summed E-state index contributed by atoms with van der Waals surface area (Å²) in [5.74, 6) is 0.139. The minimum absolute atomic E-state index is 0.139. The van der Waals surface area contributed by atoms with Gasteiger partial charge in [-0.1, -0.05) is 54.6 Å². The highest BCUT2D eigenvalue weighted by molar-refractivity contribution is 5.24. The van der Waals surface area contributed by atoms with E-state index in [9.17, 15) is 5.11 Å². The fraction of sp³-hybridized carbons (Fsp3) is 0.231. The molecule has 0 aromatic heterocycles. The summed E-state index contributed by atoms with van der Waals surface area (Å²) in [7, 11) is 0. The average Bonchev–Trinajstić information content (AvgIpc) is 2.82. The van der Waals surface area contributed by atoms with Crippen molar-refractivity contribution in [1.29, 1.82) is 0 Å². The predicted octanol–water partition coefficient (Wildman–Crippen LogP) is 1.79. The molecule has 2 nitrogen and oxygen atoms in total. The van der Waals surface area contributed by atoms with Gasteiger partial charge in [0.2, 0.25) is 0 Å². The van der Waals surface area contributed by atoms with E-state index < -0.39 is 6.10 Å². The molecule has 2 rings (SSSR count). The van der Waals surface area contributed by atoms with E-state index >= 15 is 0 Å². The quantitative estimate of drug-likeness (QED) is 0.783. The maximum absolute atomic E-state index is 10.1. The molecule has 0 fully saturated rings. The van der Waals surface area contributed by atoms with Crippen LogP contribution in [0.5, 0.6) is 0 Å². The van der Waals surface area contributed by atoms with Crippen LogP contribution in [0.3, 0.4) is 0 Å². The highest BCUT2D eigenvalue weighted by Gasteiger charge is 2.23. The van der Waals surface area contributed by atoms with Gasteiger partial charge in [0, 0.05) is 12.0 Å². The zero-order valence-corrected chi connectivity index (χ0v) is 8.45. The first-order chi connectivity index (χ1) is 7.29. The fourth-order valence-electron chi connectivity index (χ4n) is 1.79. The molecule has 1 aliphatic rings. The summed E-state index contributed by atoms with van der Waals surface area (Å²) in [5, 5.41) is 10.1. The molecule has 0 bridgehead atoms. The molecule has 15 heavy (non-hydrogen) atoms. The molecular weight excluding hydrogens is 186 g/mol. The van der Waals surface area contributed by atoms with Crippen LogP contribution in [0.1, 0.15) is 11.7 Å². The van der Waals surface area contributed by atoms with E-state index in [-0.39, 0.29) is 12.0 Å². The van der Waals surface area contributed by atoms with Crippen LogP contribution in [0.25, 0.3) is 0 Å². The lowest BCUT2D eigenvalue weighted by Gasteiger charge is -2.22. The van der Waals surface area contributed by atoms with Crippen molar-refractivity contribution in [3.8, 4) is 0 Å². The van der Waals surface area contributed by atoms with Crippen LogP contribution in [-0.4, -0.2) is 11.1 Å². The number of benzene rings is 1. The Labute approximate surface area is 89.7 Å². The molecule has 1 aliphatic carbocycles. The zero-order valence-electron chi connectivity index (χ0n) is 8.45. The third-order valence-corrected chi connectivity index (χ3v) is 2.73. The van der Waals surface area contributed by atoms with Gasteiger partial charge in [0.25, 0.3) is 0 Å². The highest BCUT2D eigenvalue weighted by atomic mass is 16.3. The Bertz CT molecular complexity index is 357. The normalized spacial score (nSPS) is 19.3. The summed E-state index contributed by atoms with van der Waals surface area (Å²) in [5.41, 5.74) is 6.88. The third kappa shape index (κ3) is 2.17. The van der Waals surface area contributed by atoms with Gasteiger partial charge < -0.3 is 10.8 Å². The zero-order chi connectivity index (χ0) is 10.7. The number of aliphatic hydroxyl groups excluding tert-OH is 1. The number of aliphatic hydroxyl groups is 1. The van der Waals surface area contributed by atoms with Crippen LogP contribution in [0.2, 0.25) is 0 Å².